The molecule has 3 rings (SSSR count). The number of morpholine rings is 1. The van der Waals surface area contributed by atoms with Gasteiger partial charge >= 0.3 is 0 Å². The lowest BCUT2D eigenvalue weighted by atomic mass is 9.97. The highest BCUT2D eigenvalue weighted by molar-refractivity contribution is 5.94. The summed E-state index contributed by atoms with van der Waals surface area (Å²) in [5, 5.41) is 0. The summed E-state index contributed by atoms with van der Waals surface area (Å²) in [5.74, 6) is -0.860. The average molecular weight is 331 g/mol. The standard InChI is InChI=1S/C19H19F2NO2/c1-19(2)12-24-17(13-3-7-15(20)8-4-13)11-22(19)18(23)14-5-9-16(21)10-6-14/h3-10,17H,11-12H2,1-2H3. The number of carbonyl (C=O) groups excluding carboxylic acids is 1. The van der Waals surface area contributed by atoms with Gasteiger partial charge in [-0.15, -0.1) is 0 Å². The molecule has 0 spiro atoms. The Morgan fingerprint density at radius 2 is 1.58 bits per heavy atom. The van der Waals surface area contributed by atoms with Crippen molar-refractivity contribution in [3.05, 3.63) is 71.3 Å². The van der Waals surface area contributed by atoms with E-state index >= 15 is 0 Å². The van der Waals surface area contributed by atoms with E-state index in [1.54, 1.807) is 17.0 Å². The Morgan fingerprint density at radius 1 is 1.04 bits per heavy atom. The molecule has 0 N–H and O–H groups in total. The van der Waals surface area contributed by atoms with Crippen LogP contribution in [0, 0.1) is 11.6 Å². The smallest absolute Gasteiger partial charge is 0.254 e. The Hall–Kier alpha value is -2.27. The number of amides is 1. The van der Waals surface area contributed by atoms with Crippen LogP contribution in [-0.4, -0.2) is 29.5 Å². The fourth-order valence-corrected chi connectivity index (χ4v) is 2.83. The highest BCUT2D eigenvalue weighted by Crippen LogP contribution is 2.31. The minimum Gasteiger partial charge on any atom is -0.369 e. The summed E-state index contributed by atoms with van der Waals surface area (Å²) in [6.45, 7) is 4.57. The monoisotopic (exact) mass is 331 g/mol. The molecule has 0 saturated carbocycles. The van der Waals surface area contributed by atoms with Crippen molar-refractivity contribution in [1.29, 1.82) is 0 Å². The van der Waals surface area contributed by atoms with Gasteiger partial charge in [-0.05, 0) is 55.8 Å². The topological polar surface area (TPSA) is 29.5 Å². The van der Waals surface area contributed by atoms with Gasteiger partial charge in [-0.2, -0.15) is 0 Å². The quantitative estimate of drug-likeness (QED) is 0.834. The summed E-state index contributed by atoms with van der Waals surface area (Å²) in [6.07, 6.45) is -0.317. The van der Waals surface area contributed by atoms with Gasteiger partial charge in [0, 0.05) is 5.56 Å². The maximum absolute atomic E-state index is 13.1. The third-order valence-electron chi connectivity index (χ3n) is 4.29. The van der Waals surface area contributed by atoms with Gasteiger partial charge in [0.15, 0.2) is 0 Å². The van der Waals surface area contributed by atoms with Gasteiger partial charge in [-0.25, -0.2) is 8.78 Å². The molecule has 2 aromatic carbocycles. The Balaban J connectivity index is 1.85. The number of nitrogens with zero attached hydrogens (tertiary/aromatic N) is 1. The van der Waals surface area contributed by atoms with Gasteiger partial charge in [0.2, 0.25) is 0 Å². The largest absolute Gasteiger partial charge is 0.369 e. The lowest BCUT2D eigenvalue weighted by Gasteiger charge is -2.45. The lowest BCUT2D eigenvalue weighted by molar-refractivity contribution is -0.0846. The first-order valence-electron chi connectivity index (χ1n) is 7.81. The van der Waals surface area contributed by atoms with E-state index in [0.717, 1.165) is 5.56 Å². The first-order chi connectivity index (χ1) is 11.4. The van der Waals surface area contributed by atoms with Crippen molar-refractivity contribution in [2.24, 2.45) is 0 Å². The minimum atomic E-state index is -0.484. The molecule has 1 atom stereocenters. The minimum absolute atomic E-state index is 0.171. The third-order valence-corrected chi connectivity index (χ3v) is 4.29. The number of halogens is 2. The van der Waals surface area contributed by atoms with Gasteiger partial charge in [0.1, 0.15) is 17.7 Å². The molecule has 24 heavy (non-hydrogen) atoms. The first-order valence-corrected chi connectivity index (χ1v) is 7.81. The highest BCUT2D eigenvalue weighted by atomic mass is 19.1. The van der Waals surface area contributed by atoms with E-state index in [1.807, 2.05) is 13.8 Å². The fraction of sp³-hybridized carbons (Fsp3) is 0.316. The summed E-state index contributed by atoms with van der Waals surface area (Å²) in [6, 6.07) is 11.6. The molecule has 1 amide bonds. The van der Waals surface area contributed by atoms with E-state index in [0.29, 0.717) is 18.7 Å². The SMILES string of the molecule is CC1(C)COC(c2ccc(F)cc2)CN1C(=O)c1ccc(F)cc1. The van der Waals surface area contributed by atoms with Gasteiger partial charge in [0.25, 0.3) is 5.91 Å². The lowest BCUT2D eigenvalue weighted by Crippen LogP contribution is -2.56. The molecule has 1 fully saturated rings. The van der Waals surface area contributed by atoms with Gasteiger partial charge in [-0.3, -0.25) is 4.79 Å². The van der Waals surface area contributed by atoms with Crippen LogP contribution in [0.3, 0.4) is 0 Å². The molecule has 1 unspecified atom stereocenters. The molecule has 1 aliphatic rings. The summed E-state index contributed by atoms with van der Waals surface area (Å²) in [4.78, 5) is 14.6. The molecule has 0 radical (unpaired) electrons. The second-order valence-corrected chi connectivity index (χ2v) is 6.59. The van der Waals surface area contributed by atoms with Crippen LogP contribution in [0.15, 0.2) is 48.5 Å². The van der Waals surface area contributed by atoms with Crippen molar-refractivity contribution < 1.29 is 18.3 Å². The summed E-state index contributed by atoms with van der Waals surface area (Å²) in [7, 11) is 0. The fourth-order valence-electron chi connectivity index (χ4n) is 2.83. The zero-order chi connectivity index (χ0) is 17.3. The number of ether oxygens (including phenoxy) is 1. The Morgan fingerprint density at radius 3 is 2.17 bits per heavy atom. The van der Waals surface area contributed by atoms with Crippen molar-refractivity contribution in [2.45, 2.75) is 25.5 Å². The molecule has 0 aromatic heterocycles. The summed E-state index contributed by atoms with van der Waals surface area (Å²) in [5.41, 5.74) is 0.773. The second-order valence-electron chi connectivity index (χ2n) is 6.59. The number of benzene rings is 2. The Bertz CT molecular complexity index is 726. The van der Waals surface area contributed by atoms with Crippen LogP contribution in [0.1, 0.15) is 35.9 Å². The van der Waals surface area contributed by atoms with Crippen molar-refractivity contribution in [3.63, 3.8) is 0 Å². The number of carbonyl (C=O) groups is 1. The average Bonchev–Trinajstić information content (AvgIpc) is 2.56. The second kappa shape index (κ2) is 6.32. The molecule has 1 aliphatic heterocycles. The zero-order valence-corrected chi connectivity index (χ0v) is 13.6. The van der Waals surface area contributed by atoms with Crippen molar-refractivity contribution >= 4 is 5.91 Å². The first kappa shape index (κ1) is 16.6. The molecule has 0 bridgehead atoms. The molecule has 2 aromatic rings. The molecule has 3 nitrogen and oxygen atoms in total. The molecule has 126 valence electrons. The number of rotatable bonds is 2. The van der Waals surface area contributed by atoms with Crippen LogP contribution in [0.25, 0.3) is 0 Å². The Kier molecular flexibility index (Phi) is 4.37. The van der Waals surface area contributed by atoms with Crippen LogP contribution >= 0.6 is 0 Å². The molecular formula is C19H19F2NO2. The predicted octanol–water partition coefficient (Wildman–Crippen LogP) is 3.96. The Labute approximate surface area is 139 Å². The van der Waals surface area contributed by atoms with Crippen molar-refractivity contribution in [1.82, 2.24) is 4.90 Å². The van der Waals surface area contributed by atoms with Crippen molar-refractivity contribution in [2.75, 3.05) is 13.2 Å². The van der Waals surface area contributed by atoms with E-state index in [9.17, 15) is 13.6 Å². The normalized spacial score (nSPS) is 20.0. The van der Waals surface area contributed by atoms with Crippen LogP contribution in [-0.2, 0) is 4.74 Å². The highest BCUT2D eigenvalue weighted by Gasteiger charge is 2.38. The molecule has 5 heteroatoms. The maximum atomic E-state index is 13.1. The zero-order valence-electron chi connectivity index (χ0n) is 13.6. The van der Waals surface area contributed by atoms with E-state index in [2.05, 4.69) is 0 Å². The van der Waals surface area contributed by atoms with Crippen LogP contribution in [0.5, 0.6) is 0 Å². The van der Waals surface area contributed by atoms with E-state index < -0.39 is 5.54 Å². The molecule has 1 heterocycles. The third kappa shape index (κ3) is 3.31. The molecule has 1 saturated heterocycles. The van der Waals surface area contributed by atoms with Crippen LogP contribution in [0.2, 0.25) is 0 Å². The van der Waals surface area contributed by atoms with Crippen LogP contribution < -0.4 is 0 Å². The van der Waals surface area contributed by atoms with Crippen molar-refractivity contribution in [3.8, 4) is 0 Å². The maximum Gasteiger partial charge on any atom is 0.254 e. The van der Waals surface area contributed by atoms with Gasteiger partial charge < -0.3 is 9.64 Å². The number of hydrogen-bond acceptors (Lipinski definition) is 2. The number of hydrogen-bond donors (Lipinski definition) is 0. The van der Waals surface area contributed by atoms with E-state index in [-0.39, 0.29) is 23.6 Å². The van der Waals surface area contributed by atoms with Gasteiger partial charge in [0.05, 0.1) is 18.7 Å². The molecule has 0 aliphatic carbocycles. The van der Waals surface area contributed by atoms with E-state index in [4.69, 9.17) is 4.74 Å². The predicted molar refractivity (Wildman–Crippen MR) is 86.6 cm³/mol. The summed E-state index contributed by atoms with van der Waals surface area (Å²) < 4.78 is 32.1. The summed E-state index contributed by atoms with van der Waals surface area (Å²) >= 11 is 0. The van der Waals surface area contributed by atoms with E-state index in [1.165, 1.54) is 36.4 Å². The van der Waals surface area contributed by atoms with Crippen LogP contribution in [0.4, 0.5) is 8.78 Å². The molecular weight excluding hydrogens is 312 g/mol. The van der Waals surface area contributed by atoms with Gasteiger partial charge in [-0.1, -0.05) is 12.1 Å².